The lowest BCUT2D eigenvalue weighted by Gasteiger charge is -2.43. The van der Waals surface area contributed by atoms with Crippen molar-refractivity contribution in [1.82, 2.24) is 15.2 Å². The predicted molar refractivity (Wildman–Crippen MR) is 91.8 cm³/mol. The van der Waals surface area contributed by atoms with Crippen LogP contribution in [-0.2, 0) is 0 Å². The Labute approximate surface area is 143 Å². The number of aromatic nitrogens is 3. The van der Waals surface area contributed by atoms with E-state index in [0.717, 1.165) is 49.5 Å². The highest BCUT2D eigenvalue weighted by atomic mass is 19.1. The summed E-state index contributed by atoms with van der Waals surface area (Å²) in [5.41, 5.74) is 0.749. The molecule has 0 amide bonds. The Bertz CT molecular complexity index is 932. The molecule has 3 heterocycles. The van der Waals surface area contributed by atoms with Crippen LogP contribution in [0.2, 0.25) is 0 Å². The number of halogens is 2. The molecule has 0 radical (unpaired) electrons. The van der Waals surface area contributed by atoms with E-state index in [1.807, 2.05) is 0 Å². The van der Waals surface area contributed by atoms with Crippen molar-refractivity contribution in [2.24, 2.45) is 0 Å². The molecule has 2 fully saturated rings. The first-order valence-corrected chi connectivity index (χ1v) is 8.42. The topological polar surface area (TPSA) is 48.0 Å². The van der Waals surface area contributed by atoms with E-state index in [9.17, 15) is 8.78 Å². The summed E-state index contributed by atoms with van der Waals surface area (Å²) in [6.45, 7) is 2.42. The number of hydrogen-bond acceptors (Lipinski definition) is 4. The summed E-state index contributed by atoms with van der Waals surface area (Å²) >= 11 is 0. The van der Waals surface area contributed by atoms with Crippen molar-refractivity contribution < 1.29 is 8.78 Å². The maximum atomic E-state index is 13.4. The first-order valence-electron chi connectivity index (χ1n) is 8.42. The molecule has 2 aliphatic rings. The molecule has 5 rings (SSSR count). The van der Waals surface area contributed by atoms with Crippen LogP contribution in [0.4, 0.5) is 20.4 Å². The monoisotopic (exact) mass is 341 g/mol. The van der Waals surface area contributed by atoms with E-state index in [-0.39, 0.29) is 17.2 Å². The molecular formula is C18H17F2N5. The molecule has 0 atom stereocenters. The van der Waals surface area contributed by atoms with Crippen molar-refractivity contribution in [3.63, 3.8) is 0 Å². The van der Waals surface area contributed by atoms with E-state index < -0.39 is 0 Å². The van der Waals surface area contributed by atoms with Crippen molar-refractivity contribution in [1.29, 1.82) is 0 Å². The second kappa shape index (κ2) is 5.15. The van der Waals surface area contributed by atoms with Gasteiger partial charge in [-0.05, 0) is 43.2 Å². The van der Waals surface area contributed by atoms with Crippen LogP contribution in [-0.4, -0.2) is 40.4 Å². The third-order valence-corrected chi connectivity index (χ3v) is 5.27. The molecular weight excluding hydrogens is 324 g/mol. The van der Waals surface area contributed by atoms with Crippen LogP contribution in [0.1, 0.15) is 12.8 Å². The summed E-state index contributed by atoms with van der Waals surface area (Å²) in [6, 6.07) is 7.91. The fraction of sp³-hybridized carbons (Fsp3) is 0.333. The highest BCUT2D eigenvalue weighted by molar-refractivity contribution is 5.90. The van der Waals surface area contributed by atoms with Gasteiger partial charge in [-0.1, -0.05) is 0 Å². The first-order chi connectivity index (χ1) is 12.1. The number of H-pyrrole nitrogens is 1. The van der Waals surface area contributed by atoms with Crippen LogP contribution in [0.15, 0.2) is 36.5 Å². The standard InChI is InChI=1S/C18H17F2N5/c19-12-1-3-14-15(9-12)22-23-17(14)25-8-7-24(11-18(25)5-6-18)16-4-2-13(20)10-21-16/h1-4,9-10H,5-8,11H2,(H,22,23). The van der Waals surface area contributed by atoms with Crippen molar-refractivity contribution in [3.8, 4) is 0 Å². The summed E-state index contributed by atoms with van der Waals surface area (Å²) in [4.78, 5) is 8.75. The van der Waals surface area contributed by atoms with Gasteiger partial charge >= 0.3 is 0 Å². The Kier molecular flexibility index (Phi) is 3.01. The normalized spacial score (nSPS) is 19.0. The first kappa shape index (κ1) is 14.6. The zero-order valence-electron chi connectivity index (χ0n) is 13.5. The molecule has 1 saturated heterocycles. The molecule has 128 valence electrons. The van der Waals surface area contributed by atoms with Crippen molar-refractivity contribution in [2.75, 3.05) is 29.4 Å². The number of rotatable bonds is 2. The van der Waals surface area contributed by atoms with Crippen LogP contribution in [0, 0.1) is 11.6 Å². The van der Waals surface area contributed by atoms with Gasteiger partial charge in [0.25, 0.3) is 0 Å². The van der Waals surface area contributed by atoms with Crippen molar-refractivity contribution in [2.45, 2.75) is 18.4 Å². The molecule has 3 aromatic rings. The number of nitrogens with one attached hydrogen (secondary N) is 1. The predicted octanol–water partition coefficient (Wildman–Crippen LogP) is 3.10. The zero-order valence-corrected chi connectivity index (χ0v) is 13.5. The van der Waals surface area contributed by atoms with Gasteiger partial charge in [-0.2, -0.15) is 5.10 Å². The van der Waals surface area contributed by atoms with Gasteiger partial charge in [-0.3, -0.25) is 5.10 Å². The maximum absolute atomic E-state index is 13.4. The summed E-state index contributed by atoms with van der Waals surface area (Å²) in [5.74, 6) is 1.11. The molecule has 1 saturated carbocycles. The number of anilines is 2. The number of nitrogens with zero attached hydrogens (tertiary/aromatic N) is 4. The molecule has 1 aliphatic carbocycles. The number of aromatic amines is 1. The quantitative estimate of drug-likeness (QED) is 0.778. The Morgan fingerprint density at radius 2 is 1.88 bits per heavy atom. The lowest BCUT2D eigenvalue weighted by molar-refractivity contribution is 0.502. The van der Waals surface area contributed by atoms with E-state index in [1.54, 1.807) is 12.1 Å². The smallest absolute Gasteiger partial charge is 0.158 e. The van der Waals surface area contributed by atoms with E-state index in [4.69, 9.17) is 0 Å². The highest BCUT2D eigenvalue weighted by Crippen LogP contribution is 2.47. The highest BCUT2D eigenvalue weighted by Gasteiger charge is 2.52. The van der Waals surface area contributed by atoms with Gasteiger partial charge < -0.3 is 9.80 Å². The molecule has 1 spiro atoms. The van der Waals surface area contributed by atoms with Gasteiger partial charge in [0.05, 0.1) is 17.3 Å². The van der Waals surface area contributed by atoms with Crippen LogP contribution >= 0.6 is 0 Å². The minimum absolute atomic E-state index is 0.0326. The van der Waals surface area contributed by atoms with Crippen LogP contribution in [0.25, 0.3) is 10.9 Å². The van der Waals surface area contributed by atoms with Gasteiger partial charge in [-0.15, -0.1) is 0 Å². The second-order valence-corrected chi connectivity index (χ2v) is 6.87. The van der Waals surface area contributed by atoms with Crippen molar-refractivity contribution in [3.05, 3.63) is 48.2 Å². The fourth-order valence-corrected chi connectivity index (χ4v) is 3.81. The number of piperazine rings is 1. The van der Waals surface area contributed by atoms with E-state index in [2.05, 4.69) is 25.0 Å². The molecule has 7 heteroatoms. The Morgan fingerprint density at radius 3 is 2.64 bits per heavy atom. The average molecular weight is 341 g/mol. The van der Waals surface area contributed by atoms with Crippen molar-refractivity contribution >= 4 is 22.5 Å². The largest absolute Gasteiger partial charge is 0.352 e. The summed E-state index contributed by atoms with van der Waals surface area (Å²) in [5, 5.41) is 8.34. The summed E-state index contributed by atoms with van der Waals surface area (Å²) in [6.07, 6.45) is 3.43. The molecule has 0 unspecified atom stereocenters. The summed E-state index contributed by atoms with van der Waals surface area (Å²) < 4.78 is 26.5. The lowest BCUT2D eigenvalue weighted by atomic mass is 10.1. The minimum Gasteiger partial charge on any atom is -0.352 e. The van der Waals surface area contributed by atoms with Crippen LogP contribution < -0.4 is 9.80 Å². The number of fused-ring (bicyclic) bond motifs is 1. The average Bonchev–Trinajstić information content (AvgIpc) is 3.25. The van der Waals surface area contributed by atoms with Gasteiger partial charge in [0.15, 0.2) is 5.82 Å². The zero-order chi connectivity index (χ0) is 17.0. The molecule has 1 aromatic carbocycles. The maximum Gasteiger partial charge on any atom is 0.158 e. The minimum atomic E-state index is -0.321. The van der Waals surface area contributed by atoms with Gasteiger partial charge in [0, 0.05) is 25.0 Å². The van der Waals surface area contributed by atoms with E-state index in [1.165, 1.54) is 24.4 Å². The van der Waals surface area contributed by atoms with Gasteiger partial charge in [-0.25, -0.2) is 13.8 Å². The number of pyridine rings is 1. The molecule has 0 bridgehead atoms. The molecule has 25 heavy (non-hydrogen) atoms. The molecule has 2 aromatic heterocycles. The molecule has 1 N–H and O–H groups in total. The molecule has 5 nitrogen and oxygen atoms in total. The van der Waals surface area contributed by atoms with E-state index in [0.29, 0.717) is 5.52 Å². The SMILES string of the molecule is Fc1ccc(N2CCN(c3n[nH]c4cc(F)ccc34)C3(CC3)C2)nc1. The van der Waals surface area contributed by atoms with Crippen LogP contribution in [0.3, 0.4) is 0 Å². The third kappa shape index (κ3) is 2.33. The second-order valence-electron chi connectivity index (χ2n) is 6.87. The Balaban J connectivity index is 1.45. The van der Waals surface area contributed by atoms with Gasteiger partial charge in [0.1, 0.15) is 17.5 Å². The summed E-state index contributed by atoms with van der Waals surface area (Å²) in [7, 11) is 0. The number of benzene rings is 1. The Hall–Kier alpha value is -2.70. The Morgan fingerprint density at radius 1 is 1.04 bits per heavy atom. The fourth-order valence-electron chi connectivity index (χ4n) is 3.81. The lowest BCUT2D eigenvalue weighted by Crippen LogP contribution is -2.55. The van der Waals surface area contributed by atoms with E-state index >= 15 is 0 Å². The number of hydrogen-bond donors (Lipinski definition) is 1. The third-order valence-electron chi connectivity index (χ3n) is 5.27. The molecule has 1 aliphatic heterocycles. The van der Waals surface area contributed by atoms with Gasteiger partial charge in [0.2, 0.25) is 0 Å². The van der Waals surface area contributed by atoms with Crippen LogP contribution in [0.5, 0.6) is 0 Å².